The molecule has 0 spiro atoms. The van der Waals surface area contributed by atoms with Crippen LogP contribution in [0.15, 0.2) is 48.6 Å². The second-order valence-corrected chi connectivity index (χ2v) is 13.6. The third kappa shape index (κ3) is 11.4. The van der Waals surface area contributed by atoms with Crippen molar-refractivity contribution in [1.82, 2.24) is 0 Å². The highest BCUT2D eigenvalue weighted by molar-refractivity contribution is 5.89. The van der Waals surface area contributed by atoms with E-state index in [1.165, 1.54) is 96.5 Å². The van der Waals surface area contributed by atoms with Gasteiger partial charge in [0, 0.05) is 5.57 Å². The lowest BCUT2D eigenvalue weighted by molar-refractivity contribution is -0.146. The second-order valence-electron chi connectivity index (χ2n) is 13.6. The van der Waals surface area contributed by atoms with Crippen molar-refractivity contribution in [3.63, 3.8) is 0 Å². The van der Waals surface area contributed by atoms with E-state index in [0.29, 0.717) is 11.5 Å². The smallest absolute Gasteiger partial charge is 0.336 e. The molecule has 2 aliphatic carbocycles. The van der Waals surface area contributed by atoms with E-state index >= 15 is 0 Å². The van der Waals surface area contributed by atoms with Crippen LogP contribution in [0.3, 0.4) is 0 Å². The summed E-state index contributed by atoms with van der Waals surface area (Å²) < 4.78 is 16.7. The van der Waals surface area contributed by atoms with Gasteiger partial charge in [-0.15, -0.1) is 0 Å². The minimum absolute atomic E-state index is 0.00972. The minimum Gasteiger partial charge on any atom is -0.493 e. The summed E-state index contributed by atoms with van der Waals surface area (Å²) >= 11 is 0. The summed E-state index contributed by atoms with van der Waals surface area (Å²) in [6.07, 6.45) is 16.6. The molecule has 0 aromatic heterocycles. The summed E-state index contributed by atoms with van der Waals surface area (Å²) in [5.41, 5.74) is 0.239. The molecular formula is C37H56O6. The zero-order valence-electron chi connectivity index (χ0n) is 27.2. The van der Waals surface area contributed by atoms with E-state index < -0.39 is 23.5 Å². The Balaban J connectivity index is 1.45. The lowest BCUT2D eigenvalue weighted by atomic mass is 9.68. The lowest BCUT2D eigenvalue weighted by Gasteiger charge is -2.38. The van der Waals surface area contributed by atoms with Gasteiger partial charge in [-0.2, -0.15) is 0 Å². The molecule has 1 unspecified atom stereocenters. The number of unbranched alkanes of at least 4 members (excludes halogenated alkanes) is 2. The number of esters is 2. The number of ether oxygens (including phenoxy) is 3. The number of hydrogen-bond donors (Lipinski definition) is 1. The highest BCUT2D eigenvalue weighted by Crippen LogP contribution is 2.44. The molecule has 1 N–H and O–H groups in total. The number of aliphatic hydroxyl groups is 1. The van der Waals surface area contributed by atoms with Gasteiger partial charge in [0.1, 0.15) is 19.0 Å². The Morgan fingerprint density at radius 3 is 1.95 bits per heavy atom. The van der Waals surface area contributed by atoms with Crippen molar-refractivity contribution in [1.29, 1.82) is 0 Å². The van der Waals surface area contributed by atoms with Crippen molar-refractivity contribution in [2.45, 2.75) is 116 Å². The molecule has 0 bridgehead atoms. The van der Waals surface area contributed by atoms with Crippen LogP contribution in [0, 0.1) is 23.7 Å². The van der Waals surface area contributed by atoms with Crippen LogP contribution in [-0.2, 0) is 19.1 Å². The number of rotatable bonds is 16. The van der Waals surface area contributed by atoms with Crippen LogP contribution in [0.5, 0.6) is 5.75 Å². The average molecular weight is 597 g/mol. The molecule has 1 aromatic carbocycles. The maximum Gasteiger partial charge on any atom is 0.336 e. The molecule has 240 valence electrons. The first-order valence-corrected chi connectivity index (χ1v) is 16.6. The van der Waals surface area contributed by atoms with Crippen LogP contribution in [0.4, 0.5) is 0 Å². The molecule has 6 nitrogen and oxygen atoms in total. The zero-order valence-corrected chi connectivity index (χ0v) is 27.2. The Hall–Kier alpha value is -2.60. The van der Waals surface area contributed by atoms with Crippen molar-refractivity contribution in [2.24, 2.45) is 23.7 Å². The molecule has 0 amide bonds. The first kappa shape index (κ1) is 34.9. The van der Waals surface area contributed by atoms with Crippen molar-refractivity contribution >= 4 is 11.9 Å². The van der Waals surface area contributed by atoms with Gasteiger partial charge < -0.3 is 19.3 Å². The van der Waals surface area contributed by atoms with Gasteiger partial charge in [0.15, 0.2) is 0 Å². The molecule has 6 heteroatoms. The quantitative estimate of drug-likeness (QED) is 0.117. The van der Waals surface area contributed by atoms with Gasteiger partial charge in [-0.25, -0.2) is 9.59 Å². The lowest BCUT2D eigenvalue weighted by Crippen LogP contribution is -2.31. The normalized spacial score (nSPS) is 23.2. The third-order valence-electron chi connectivity index (χ3n) is 9.62. The number of carbonyl (C=O) groups is 2. The molecule has 0 saturated heterocycles. The fourth-order valence-corrected chi connectivity index (χ4v) is 6.60. The van der Waals surface area contributed by atoms with Crippen molar-refractivity contribution < 1.29 is 28.9 Å². The van der Waals surface area contributed by atoms with E-state index in [1.807, 2.05) is 12.1 Å². The van der Waals surface area contributed by atoms with Crippen LogP contribution in [0.1, 0.15) is 116 Å². The van der Waals surface area contributed by atoms with E-state index in [0.717, 1.165) is 23.5 Å². The van der Waals surface area contributed by atoms with Crippen LogP contribution in [-0.4, -0.2) is 42.5 Å². The minimum atomic E-state index is -1.39. The van der Waals surface area contributed by atoms with Gasteiger partial charge >= 0.3 is 11.9 Å². The molecular weight excluding hydrogens is 540 g/mol. The molecule has 2 saturated carbocycles. The molecule has 0 radical (unpaired) electrons. The van der Waals surface area contributed by atoms with Gasteiger partial charge in [0.2, 0.25) is 0 Å². The van der Waals surface area contributed by atoms with Gasteiger partial charge in [-0.05, 0) is 101 Å². The number of hydrogen-bond acceptors (Lipinski definition) is 6. The molecule has 1 atom stereocenters. The topological polar surface area (TPSA) is 82.1 Å². The summed E-state index contributed by atoms with van der Waals surface area (Å²) in [4.78, 5) is 24.3. The monoisotopic (exact) mass is 596 g/mol. The highest BCUT2D eigenvalue weighted by Gasteiger charge is 2.31. The first-order chi connectivity index (χ1) is 20.5. The molecule has 0 heterocycles. The van der Waals surface area contributed by atoms with Crippen LogP contribution < -0.4 is 4.74 Å². The fraction of sp³-hybridized carbons (Fsp3) is 0.676. The second kappa shape index (κ2) is 17.0. The maximum atomic E-state index is 12.3. The maximum absolute atomic E-state index is 12.3. The number of carbonyl (C=O) groups excluding carboxylic acids is 2. The Kier molecular flexibility index (Phi) is 13.8. The number of benzene rings is 1. The largest absolute Gasteiger partial charge is 0.493 e. The first-order valence-electron chi connectivity index (χ1n) is 16.6. The predicted molar refractivity (Wildman–Crippen MR) is 172 cm³/mol. The standard InChI is InChI=1S/C37H56O6/c1-7-8-9-10-28-11-13-30(14-12-28)31-15-17-32(18-16-31)33-19-21-34(22-20-33)41-23-29(24-42-35(38)26(2)3)25-43-36(39)27(4)37(5,6)40/h19-22,28-32,40H,2,4,7-18,23-25H2,1,3,5-6H3. The SMILES string of the molecule is C=C(C)C(=O)OCC(COC(=O)C(=C)C(C)(C)O)COc1ccc(C2CCC(C3CCC(CCCCC)CC3)CC2)cc1. The summed E-state index contributed by atoms with van der Waals surface area (Å²) in [5.74, 6) is 2.54. The molecule has 3 rings (SSSR count). The zero-order chi connectivity index (χ0) is 31.4. The molecule has 1 aromatic rings. The third-order valence-corrected chi connectivity index (χ3v) is 9.62. The summed E-state index contributed by atoms with van der Waals surface area (Å²) in [6.45, 7) is 14.2. The van der Waals surface area contributed by atoms with Gasteiger partial charge in [-0.3, -0.25) is 0 Å². The molecule has 43 heavy (non-hydrogen) atoms. The summed E-state index contributed by atoms with van der Waals surface area (Å²) in [6, 6.07) is 8.34. The van der Waals surface area contributed by atoms with E-state index in [-0.39, 0.29) is 25.4 Å². The van der Waals surface area contributed by atoms with Gasteiger partial charge in [-0.1, -0.05) is 70.7 Å². The summed E-state index contributed by atoms with van der Waals surface area (Å²) in [5, 5.41) is 10.0. The highest BCUT2D eigenvalue weighted by atomic mass is 16.6. The average Bonchev–Trinajstić information content (AvgIpc) is 3.00. The fourth-order valence-electron chi connectivity index (χ4n) is 6.60. The van der Waals surface area contributed by atoms with Crippen LogP contribution >= 0.6 is 0 Å². The van der Waals surface area contributed by atoms with E-state index in [9.17, 15) is 14.7 Å². The van der Waals surface area contributed by atoms with Crippen molar-refractivity contribution in [2.75, 3.05) is 19.8 Å². The Morgan fingerprint density at radius 2 is 1.42 bits per heavy atom. The van der Waals surface area contributed by atoms with Gasteiger partial charge in [0.05, 0.1) is 23.7 Å². The van der Waals surface area contributed by atoms with E-state index in [2.05, 4.69) is 32.2 Å². The van der Waals surface area contributed by atoms with Crippen molar-refractivity contribution in [3.8, 4) is 5.75 Å². The van der Waals surface area contributed by atoms with Crippen molar-refractivity contribution in [3.05, 3.63) is 54.1 Å². The Labute approximate surface area is 260 Å². The van der Waals surface area contributed by atoms with E-state index in [1.54, 1.807) is 6.92 Å². The molecule has 2 aliphatic rings. The summed E-state index contributed by atoms with van der Waals surface area (Å²) in [7, 11) is 0. The van der Waals surface area contributed by atoms with Gasteiger partial charge in [0.25, 0.3) is 0 Å². The molecule has 0 aliphatic heterocycles. The Bertz CT molecular complexity index is 1040. The van der Waals surface area contributed by atoms with Crippen LogP contribution in [0.25, 0.3) is 0 Å². The molecule has 2 fully saturated rings. The van der Waals surface area contributed by atoms with E-state index in [4.69, 9.17) is 14.2 Å². The van der Waals surface area contributed by atoms with Crippen LogP contribution in [0.2, 0.25) is 0 Å². The Morgan fingerprint density at radius 1 is 0.860 bits per heavy atom. The predicted octanol–water partition coefficient (Wildman–Crippen LogP) is 8.33.